The van der Waals surface area contributed by atoms with Gasteiger partial charge < -0.3 is 9.32 Å². The van der Waals surface area contributed by atoms with Gasteiger partial charge >= 0.3 is 0 Å². The maximum absolute atomic E-state index is 13.1. The Morgan fingerprint density at radius 1 is 1.19 bits per heavy atom. The lowest BCUT2D eigenvalue weighted by Crippen LogP contribution is -2.30. The molecule has 3 rings (SSSR count). The third-order valence-corrected chi connectivity index (χ3v) is 6.10. The number of amides is 1. The van der Waals surface area contributed by atoms with Crippen molar-refractivity contribution in [1.82, 2.24) is 4.90 Å². The molecular weight excluding hydrogens is 440 g/mol. The molecule has 0 aliphatic rings. The van der Waals surface area contributed by atoms with E-state index < -0.39 is 10.0 Å². The number of nitrogens with two attached hydrogens (primary N) is 1. The van der Waals surface area contributed by atoms with Crippen LogP contribution in [-0.4, -0.2) is 19.2 Å². The zero-order chi connectivity index (χ0) is 18.7. The van der Waals surface area contributed by atoms with Gasteiger partial charge in [-0.1, -0.05) is 6.07 Å². The number of furan rings is 1. The van der Waals surface area contributed by atoms with Gasteiger partial charge in [-0.05, 0) is 57.7 Å². The van der Waals surface area contributed by atoms with Gasteiger partial charge in [0.15, 0.2) is 0 Å². The second kappa shape index (κ2) is 7.75. The van der Waals surface area contributed by atoms with Crippen molar-refractivity contribution in [3.8, 4) is 0 Å². The van der Waals surface area contributed by atoms with Crippen molar-refractivity contribution in [2.45, 2.75) is 18.0 Å². The quantitative estimate of drug-likeness (QED) is 0.615. The Balaban J connectivity index is 1.96. The summed E-state index contributed by atoms with van der Waals surface area (Å²) < 4.78 is 29.1. The number of rotatable bonds is 6. The maximum atomic E-state index is 13.1. The molecule has 0 aliphatic carbocycles. The minimum atomic E-state index is -3.91. The fraction of sp³-hybridized carbons (Fsp3) is 0.118. The number of halogens is 1. The van der Waals surface area contributed by atoms with E-state index in [1.165, 1.54) is 29.5 Å². The van der Waals surface area contributed by atoms with Crippen LogP contribution in [-0.2, 0) is 23.1 Å². The lowest BCUT2D eigenvalue weighted by atomic mass is 10.2. The van der Waals surface area contributed by atoms with Crippen LogP contribution < -0.4 is 5.14 Å². The highest BCUT2D eigenvalue weighted by atomic mass is 79.9. The molecule has 0 saturated carbocycles. The number of primary sulfonamides is 1. The topological polar surface area (TPSA) is 93.6 Å². The molecule has 0 unspecified atom stereocenters. The number of carbonyl (C=O) groups is 1. The fourth-order valence-electron chi connectivity index (χ4n) is 2.40. The third-order valence-electron chi connectivity index (χ3n) is 3.64. The van der Waals surface area contributed by atoms with Gasteiger partial charge in [-0.15, -0.1) is 11.3 Å². The van der Waals surface area contributed by atoms with Gasteiger partial charge in [0, 0.05) is 9.35 Å². The lowest BCUT2D eigenvalue weighted by Gasteiger charge is -2.22. The van der Waals surface area contributed by atoms with Gasteiger partial charge in [-0.25, -0.2) is 13.6 Å². The molecule has 2 N–H and O–H groups in total. The Bertz CT molecular complexity index is 963. The molecule has 2 aromatic heterocycles. The number of sulfonamides is 1. The van der Waals surface area contributed by atoms with Crippen LogP contribution in [0.15, 0.2) is 67.9 Å². The van der Waals surface area contributed by atoms with E-state index in [-0.39, 0.29) is 22.9 Å². The largest absolute Gasteiger partial charge is 0.467 e. The van der Waals surface area contributed by atoms with Crippen LogP contribution >= 0.6 is 27.3 Å². The van der Waals surface area contributed by atoms with Gasteiger partial charge in [0.2, 0.25) is 10.0 Å². The summed E-state index contributed by atoms with van der Waals surface area (Å²) in [5.74, 6) is 0.306. The van der Waals surface area contributed by atoms with E-state index >= 15 is 0 Å². The molecule has 1 amide bonds. The van der Waals surface area contributed by atoms with E-state index in [2.05, 4.69) is 15.9 Å². The maximum Gasteiger partial charge on any atom is 0.255 e. The smallest absolute Gasteiger partial charge is 0.255 e. The molecule has 136 valence electrons. The Kier molecular flexibility index (Phi) is 5.61. The number of benzene rings is 1. The first-order valence-electron chi connectivity index (χ1n) is 7.51. The van der Waals surface area contributed by atoms with Gasteiger partial charge in [0.1, 0.15) is 5.76 Å². The predicted molar refractivity (Wildman–Crippen MR) is 102 cm³/mol. The van der Waals surface area contributed by atoms with Crippen LogP contribution in [0.3, 0.4) is 0 Å². The first kappa shape index (κ1) is 18.8. The molecule has 0 aliphatic heterocycles. The molecule has 0 fully saturated rings. The van der Waals surface area contributed by atoms with Crippen molar-refractivity contribution in [2.24, 2.45) is 5.14 Å². The number of hydrogen-bond acceptors (Lipinski definition) is 5. The van der Waals surface area contributed by atoms with E-state index in [0.29, 0.717) is 16.8 Å². The molecule has 0 radical (unpaired) electrons. The molecule has 1 aromatic carbocycles. The van der Waals surface area contributed by atoms with Gasteiger partial charge in [0.05, 0.1) is 29.8 Å². The summed E-state index contributed by atoms with van der Waals surface area (Å²) in [6, 6.07) is 11.5. The lowest BCUT2D eigenvalue weighted by molar-refractivity contribution is 0.0718. The average molecular weight is 455 g/mol. The second-order valence-corrected chi connectivity index (χ2v) is 8.95. The standard InChI is InChI=1S/C17H15BrN2O4S2/c18-16-6-5-14(26(19,22)23)9-15(16)17(21)20(10-12-3-1-7-24-12)11-13-4-2-8-25-13/h1-9H,10-11H2,(H2,19,22,23). The van der Waals surface area contributed by atoms with Crippen molar-refractivity contribution in [3.05, 3.63) is 74.8 Å². The molecule has 0 saturated heterocycles. The predicted octanol–water partition coefficient (Wildman–Crippen LogP) is 3.59. The zero-order valence-electron chi connectivity index (χ0n) is 13.5. The molecule has 0 spiro atoms. The van der Waals surface area contributed by atoms with Crippen molar-refractivity contribution < 1.29 is 17.6 Å². The van der Waals surface area contributed by atoms with E-state index in [0.717, 1.165) is 4.88 Å². The summed E-state index contributed by atoms with van der Waals surface area (Å²) in [6.45, 7) is 0.638. The Hall–Kier alpha value is -1.94. The normalized spacial score (nSPS) is 11.5. The minimum Gasteiger partial charge on any atom is -0.467 e. The minimum absolute atomic E-state index is 0.113. The molecule has 6 nitrogen and oxygen atoms in total. The Labute approximate surface area is 163 Å². The molecule has 2 heterocycles. The Morgan fingerprint density at radius 3 is 2.62 bits per heavy atom. The van der Waals surface area contributed by atoms with E-state index in [9.17, 15) is 13.2 Å². The molecule has 0 bridgehead atoms. The van der Waals surface area contributed by atoms with E-state index in [1.807, 2.05) is 17.5 Å². The number of thiophene rings is 1. The molecule has 26 heavy (non-hydrogen) atoms. The molecular formula is C17H15BrN2O4S2. The summed E-state index contributed by atoms with van der Waals surface area (Å²) in [5.41, 5.74) is 0.222. The highest BCUT2D eigenvalue weighted by Crippen LogP contribution is 2.24. The molecule has 9 heteroatoms. The summed E-state index contributed by atoms with van der Waals surface area (Å²) >= 11 is 4.85. The Morgan fingerprint density at radius 2 is 2.00 bits per heavy atom. The monoisotopic (exact) mass is 454 g/mol. The first-order chi connectivity index (χ1) is 12.3. The van der Waals surface area contributed by atoms with Crippen molar-refractivity contribution in [1.29, 1.82) is 0 Å². The van der Waals surface area contributed by atoms with Crippen LogP contribution in [0.25, 0.3) is 0 Å². The SMILES string of the molecule is NS(=O)(=O)c1ccc(Br)c(C(=O)N(Cc2ccco2)Cc2cccs2)c1. The van der Waals surface area contributed by atoms with Crippen LogP contribution in [0.5, 0.6) is 0 Å². The second-order valence-electron chi connectivity index (χ2n) is 5.51. The molecule has 3 aromatic rings. The highest BCUT2D eigenvalue weighted by Gasteiger charge is 2.22. The summed E-state index contributed by atoms with van der Waals surface area (Å²) in [6.07, 6.45) is 1.54. The first-order valence-corrected chi connectivity index (χ1v) is 10.7. The van der Waals surface area contributed by atoms with E-state index in [1.54, 1.807) is 23.3 Å². The summed E-state index contributed by atoms with van der Waals surface area (Å²) in [4.78, 5) is 15.6. The summed E-state index contributed by atoms with van der Waals surface area (Å²) in [5, 5.41) is 7.12. The van der Waals surface area contributed by atoms with Gasteiger partial charge in [-0.2, -0.15) is 0 Å². The zero-order valence-corrected chi connectivity index (χ0v) is 16.7. The van der Waals surface area contributed by atoms with Gasteiger partial charge in [-0.3, -0.25) is 4.79 Å². The number of hydrogen-bond donors (Lipinski definition) is 1. The van der Waals surface area contributed by atoms with Crippen LogP contribution in [0.1, 0.15) is 21.0 Å². The van der Waals surface area contributed by atoms with Crippen LogP contribution in [0.4, 0.5) is 0 Å². The van der Waals surface area contributed by atoms with Crippen molar-refractivity contribution in [3.63, 3.8) is 0 Å². The van der Waals surface area contributed by atoms with Crippen molar-refractivity contribution >= 4 is 43.2 Å². The van der Waals surface area contributed by atoms with Crippen molar-refractivity contribution in [2.75, 3.05) is 0 Å². The number of nitrogens with zero attached hydrogens (tertiary/aromatic N) is 1. The van der Waals surface area contributed by atoms with E-state index in [4.69, 9.17) is 9.56 Å². The fourth-order valence-corrected chi connectivity index (χ4v) is 4.07. The van der Waals surface area contributed by atoms with Gasteiger partial charge in [0.25, 0.3) is 5.91 Å². The highest BCUT2D eigenvalue weighted by molar-refractivity contribution is 9.10. The number of carbonyl (C=O) groups excluding carboxylic acids is 1. The van der Waals surface area contributed by atoms with Crippen LogP contribution in [0, 0.1) is 0 Å². The third kappa shape index (κ3) is 4.42. The average Bonchev–Trinajstić information content (AvgIpc) is 3.27. The summed E-state index contributed by atoms with van der Waals surface area (Å²) in [7, 11) is -3.91. The molecule has 0 atom stereocenters. The van der Waals surface area contributed by atoms with Crippen LogP contribution in [0.2, 0.25) is 0 Å².